The average Bonchev–Trinajstić information content (AvgIpc) is 3.57. The minimum absolute atomic E-state index is 0.0150. The van der Waals surface area contributed by atoms with Crippen LogP contribution in [0.1, 0.15) is 39.5 Å². The number of anilines is 1. The minimum atomic E-state index is -3.56. The molecule has 0 radical (unpaired) electrons. The normalized spacial score (nSPS) is 23.3. The van der Waals surface area contributed by atoms with Gasteiger partial charge in [-0.15, -0.1) is 0 Å². The maximum atomic E-state index is 12.8. The first-order chi connectivity index (χ1) is 20.0. The van der Waals surface area contributed by atoms with Crippen molar-refractivity contribution in [1.82, 2.24) is 25.1 Å². The first-order valence-corrected chi connectivity index (χ1v) is 16.0. The van der Waals surface area contributed by atoms with E-state index in [1.165, 1.54) is 0 Å². The Kier molecular flexibility index (Phi) is 9.41. The van der Waals surface area contributed by atoms with Crippen molar-refractivity contribution < 1.29 is 32.6 Å². The smallest absolute Gasteiger partial charge is 0.340 e. The summed E-state index contributed by atoms with van der Waals surface area (Å²) in [5, 5.41) is 11.8. The fraction of sp³-hybridized carbons (Fsp3) is 0.538. The number of fused-ring (bicyclic) bond motifs is 2. The average molecular weight is 643 g/mol. The molecule has 4 heterocycles. The Bertz CT molecular complexity index is 1480. The number of ether oxygens (including phenoxy) is 3. The molecule has 13 nitrogen and oxygen atoms in total. The van der Waals surface area contributed by atoms with E-state index in [1.54, 1.807) is 38.6 Å². The van der Waals surface area contributed by atoms with Crippen LogP contribution in [0.25, 0.3) is 11.0 Å². The molecule has 0 aliphatic carbocycles. The van der Waals surface area contributed by atoms with Gasteiger partial charge in [0.05, 0.1) is 24.8 Å². The quantitative estimate of drug-likeness (QED) is 0.212. The van der Waals surface area contributed by atoms with E-state index in [1.807, 2.05) is 24.3 Å². The van der Waals surface area contributed by atoms with Crippen LogP contribution in [0.15, 0.2) is 30.5 Å². The van der Waals surface area contributed by atoms with Crippen LogP contribution >= 0.6 is 30.8 Å². The Balaban J connectivity index is 1.35. The number of hydrogen-bond acceptors (Lipinski definition) is 11. The molecule has 3 aromatic rings. The number of rotatable bonds is 12. The molecule has 2 aliphatic heterocycles. The summed E-state index contributed by atoms with van der Waals surface area (Å²) in [4.78, 5) is 21.5. The Morgan fingerprint density at radius 3 is 2.55 bits per heavy atom. The number of hydrogen-bond donors (Lipinski definition) is 2. The van der Waals surface area contributed by atoms with E-state index in [2.05, 4.69) is 25.7 Å². The molecule has 1 aromatic carbocycles. The van der Waals surface area contributed by atoms with Crippen LogP contribution in [-0.4, -0.2) is 75.7 Å². The molecular weight excluding hydrogens is 610 g/mol. The van der Waals surface area contributed by atoms with Crippen molar-refractivity contribution in [3.05, 3.63) is 46.3 Å². The van der Waals surface area contributed by atoms with E-state index in [0.29, 0.717) is 28.4 Å². The Labute approximate surface area is 253 Å². The molecule has 4 atom stereocenters. The van der Waals surface area contributed by atoms with Crippen molar-refractivity contribution in [2.24, 2.45) is 0 Å². The second-order valence-corrected chi connectivity index (χ2v) is 13.0. The minimum Gasteiger partial charge on any atom is -0.365 e. The van der Waals surface area contributed by atoms with Gasteiger partial charge in [0.1, 0.15) is 30.3 Å². The highest BCUT2D eigenvalue weighted by atomic mass is 35.5. The van der Waals surface area contributed by atoms with Crippen LogP contribution in [-0.2, 0) is 39.2 Å². The summed E-state index contributed by atoms with van der Waals surface area (Å²) < 4.78 is 43.5. The van der Waals surface area contributed by atoms with Crippen LogP contribution < -0.4 is 10.6 Å². The van der Waals surface area contributed by atoms with Gasteiger partial charge in [0.15, 0.2) is 17.7 Å². The number of nitrogens with one attached hydrogen (secondary N) is 2. The lowest BCUT2D eigenvalue weighted by Gasteiger charge is -2.24. The van der Waals surface area contributed by atoms with Crippen molar-refractivity contribution in [3.8, 4) is 0 Å². The van der Waals surface area contributed by atoms with E-state index < -0.39 is 50.0 Å². The van der Waals surface area contributed by atoms with E-state index in [0.717, 1.165) is 5.56 Å². The fourth-order valence-corrected chi connectivity index (χ4v) is 6.90. The lowest BCUT2D eigenvalue weighted by Crippen LogP contribution is -2.40. The molecule has 0 spiro atoms. The first-order valence-electron chi connectivity index (χ1n) is 13.6. The number of nitrogens with zero attached hydrogens (tertiary/aromatic N) is 4. The SMILES string of the molecule is CCOP(=O)(CC(=O)NC[C@H]1O[C@@H](n2ncc3c(NCc4ccccc4Cl)nc(Cl)nc32)[C@@H]2OC(C)(C)O[C@@H]21)OCC. The molecule has 228 valence electrons. The van der Waals surface area contributed by atoms with Gasteiger partial charge in [-0.2, -0.15) is 15.1 Å². The van der Waals surface area contributed by atoms with Gasteiger partial charge in [-0.05, 0) is 50.9 Å². The summed E-state index contributed by atoms with van der Waals surface area (Å²) in [6, 6.07) is 7.49. The second-order valence-electron chi connectivity index (χ2n) is 10.2. The maximum Gasteiger partial charge on any atom is 0.340 e. The third-order valence-electron chi connectivity index (χ3n) is 6.69. The van der Waals surface area contributed by atoms with E-state index >= 15 is 0 Å². The van der Waals surface area contributed by atoms with Crippen molar-refractivity contribution in [2.45, 2.75) is 64.6 Å². The highest BCUT2D eigenvalue weighted by Crippen LogP contribution is 2.48. The van der Waals surface area contributed by atoms with Crippen molar-refractivity contribution >= 4 is 53.6 Å². The number of aromatic nitrogens is 4. The van der Waals surface area contributed by atoms with Gasteiger partial charge in [0, 0.05) is 18.1 Å². The summed E-state index contributed by atoms with van der Waals surface area (Å²) in [7, 11) is -3.56. The largest absolute Gasteiger partial charge is 0.365 e. The summed E-state index contributed by atoms with van der Waals surface area (Å²) in [6.07, 6.45) is -1.27. The Morgan fingerprint density at radius 1 is 1.12 bits per heavy atom. The van der Waals surface area contributed by atoms with E-state index in [-0.39, 0.29) is 25.0 Å². The van der Waals surface area contributed by atoms with Crippen molar-refractivity contribution in [2.75, 3.05) is 31.2 Å². The molecule has 0 bridgehead atoms. The lowest BCUT2D eigenvalue weighted by atomic mass is 10.1. The van der Waals surface area contributed by atoms with E-state index in [4.69, 9.17) is 46.5 Å². The summed E-state index contributed by atoms with van der Waals surface area (Å²) in [5.41, 5.74) is 1.31. The molecule has 42 heavy (non-hydrogen) atoms. The standard InChI is InChI=1S/C26H33Cl2N6O7P/c1-5-37-42(36,38-6-2)14-19(35)29-13-18-20-21(41-26(3,4)40-20)24(39-18)34-23-16(12-31-34)22(32-25(28)33-23)30-11-15-9-7-8-10-17(15)27/h7-10,12,18,20-21,24H,5-6,11,13-14H2,1-4H3,(H,29,35)(H,30,32,33)/t18-,20-,21-,24-/m1/s1. The third-order valence-corrected chi connectivity index (χ3v) is 9.20. The van der Waals surface area contributed by atoms with Gasteiger partial charge in [-0.3, -0.25) is 9.36 Å². The topological polar surface area (TPSA) is 148 Å². The van der Waals surface area contributed by atoms with Gasteiger partial charge >= 0.3 is 7.60 Å². The highest BCUT2D eigenvalue weighted by molar-refractivity contribution is 7.54. The summed E-state index contributed by atoms with van der Waals surface area (Å²) in [5.74, 6) is -0.928. The molecule has 2 aromatic heterocycles. The Hall–Kier alpha value is -2.35. The highest BCUT2D eigenvalue weighted by Gasteiger charge is 2.56. The van der Waals surface area contributed by atoms with Crippen molar-refractivity contribution in [1.29, 1.82) is 0 Å². The van der Waals surface area contributed by atoms with Gasteiger partial charge in [0.25, 0.3) is 0 Å². The maximum absolute atomic E-state index is 12.8. The summed E-state index contributed by atoms with van der Waals surface area (Å²) in [6.45, 7) is 7.76. The molecule has 5 rings (SSSR count). The van der Waals surface area contributed by atoms with Crippen LogP contribution in [0, 0.1) is 0 Å². The van der Waals surface area contributed by atoms with Crippen molar-refractivity contribution in [3.63, 3.8) is 0 Å². The number of amides is 1. The molecule has 16 heteroatoms. The molecule has 2 fully saturated rings. The van der Waals surface area contributed by atoms with Crippen LogP contribution in [0.5, 0.6) is 0 Å². The monoisotopic (exact) mass is 642 g/mol. The summed E-state index contributed by atoms with van der Waals surface area (Å²) >= 11 is 12.6. The fourth-order valence-electron chi connectivity index (χ4n) is 5.03. The first kappa shape index (κ1) is 31.1. The molecular formula is C26H33Cl2N6O7P. The second kappa shape index (κ2) is 12.7. The predicted octanol–water partition coefficient (Wildman–Crippen LogP) is 4.55. The van der Waals surface area contributed by atoms with E-state index in [9.17, 15) is 9.36 Å². The van der Waals surface area contributed by atoms with Gasteiger partial charge < -0.3 is 33.9 Å². The molecule has 0 unspecified atom stereocenters. The zero-order chi connectivity index (χ0) is 30.1. The molecule has 1 amide bonds. The lowest BCUT2D eigenvalue weighted by molar-refractivity contribution is -0.197. The van der Waals surface area contributed by atoms with Crippen LogP contribution in [0.3, 0.4) is 0 Å². The van der Waals surface area contributed by atoms with Crippen LogP contribution in [0.4, 0.5) is 5.82 Å². The molecule has 2 aliphatic rings. The number of carbonyl (C=O) groups excluding carboxylic acids is 1. The number of halogens is 2. The zero-order valence-electron chi connectivity index (χ0n) is 23.6. The van der Waals surface area contributed by atoms with Gasteiger partial charge in [0.2, 0.25) is 11.2 Å². The van der Waals surface area contributed by atoms with Crippen LogP contribution in [0.2, 0.25) is 10.3 Å². The molecule has 2 saturated heterocycles. The Morgan fingerprint density at radius 2 is 1.83 bits per heavy atom. The number of benzene rings is 1. The molecule has 0 saturated carbocycles. The van der Waals surface area contributed by atoms with Gasteiger partial charge in [-0.25, -0.2) is 4.68 Å². The third kappa shape index (κ3) is 6.74. The predicted molar refractivity (Wildman–Crippen MR) is 156 cm³/mol. The van der Waals surface area contributed by atoms with Gasteiger partial charge in [-0.1, -0.05) is 29.8 Å². The number of carbonyl (C=O) groups is 1. The zero-order valence-corrected chi connectivity index (χ0v) is 26.0. The molecule has 2 N–H and O–H groups in total.